The van der Waals surface area contributed by atoms with E-state index in [9.17, 15) is 4.79 Å². The smallest absolute Gasteiger partial charge is 0.254 e. The van der Waals surface area contributed by atoms with Gasteiger partial charge in [0.2, 0.25) is 0 Å². The Morgan fingerprint density at radius 2 is 1.67 bits per heavy atom. The van der Waals surface area contributed by atoms with Crippen LogP contribution in [0.25, 0.3) is 0 Å². The Morgan fingerprint density at radius 1 is 0.923 bits per heavy atom. The standard InChI is InChI=1S/C32H36N4O3/c1-38-30-9-5-7-28(21-30)32(37)36-18-16-34(17-19-36)23-31(39-24-26-12-10-25(22-33)11-13-26)27-6-4-8-29(20-27)35-14-2-3-15-35/h4-13,20-21,31H,2-3,14-19,23-24H2,1H3/t31-/m1/s1. The van der Waals surface area contributed by atoms with Crippen LogP contribution in [0, 0.1) is 11.3 Å². The first-order chi connectivity index (χ1) is 19.1. The Balaban J connectivity index is 1.26. The summed E-state index contributed by atoms with van der Waals surface area (Å²) in [7, 11) is 1.61. The van der Waals surface area contributed by atoms with E-state index < -0.39 is 0 Å². The highest BCUT2D eigenvalue weighted by Crippen LogP contribution is 2.28. The van der Waals surface area contributed by atoms with Gasteiger partial charge in [0.25, 0.3) is 5.91 Å². The molecule has 2 heterocycles. The van der Waals surface area contributed by atoms with Gasteiger partial charge in [-0.1, -0.05) is 30.3 Å². The third-order valence-corrected chi connectivity index (χ3v) is 7.65. The molecule has 2 aliphatic heterocycles. The molecule has 0 N–H and O–H groups in total. The lowest BCUT2D eigenvalue weighted by atomic mass is 10.1. The Labute approximate surface area is 231 Å². The minimum atomic E-state index is -0.108. The highest BCUT2D eigenvalue weighted by atomic mass is 16.5. The van der Waals surface area contributed by atoms with Gasteiger partial charge < -0.3 is 19.3 Å². The zero-order valence-electron chi connectivity index (χ0n) is 22.6. The summed E-state index contributed by atoms with van der Waals surface area (Å²) < 4.78 is 11.8. The van der Waals surface area contributed by atoms with Gasteiger partial charge >= 0.3 is 0 Å². The summed E-state index contributed by atoms with van der Waals surface area (Å²) in [6.45, 7) is 6.35. The zero-order chi connectivity index (χ0) is 27.0. The van der Waals surface area contributed by atoms with Gasteiger partial charge in [-0.25, -0.2) is 0 Å². The molecule has 3 aromatic carbocycles. The minimum Gasteiger partial charge on any atom is -0.497 e. The molecule has 2 fully saturated rings. The first-order valence-electron chi connectivity index (χ1n) is 13.7. The molecular weight excluding hydrogens is 488 g/mol. The van der Waals surface area contributed by atoms with Crippen molar-refractivity contribution in [3.63, 3.8) is 0 Å². The first kappa shape index (κ1) is 26.7. The molecule has 5 rings (SSSR count). The number of nitriles is 1. The van der Waals surface area contributed by atoms with Gasteiger partial charge in [0.1, 0.15) is 5.75 Å². The van der Waals surface area contributed by atoms with E-state index in [0.717, 1.165) is 38.3 Å². The number of amides is 1. The van der Waals surface area contributed by atoms with Crippen molar-refractivity contribution in [1.29, 1.82) is 5.26 Å². The van der Waals surface area contributed by atoms with Crippen molar-refractivity contribution in [3.05, 3.63) is 95.1 Å². The summed E-state index contributed by atoms with van der Waals surface area (Å²) in [5.41, 5.74) is 4.78. The number of rotatable bonds is 9. The van der Waals surface area contributed by atoms with Crippen LogP contribution < -0.4 is 9.64 Å². The van der Waals surface area contributed by atoms with E-state index >= 15 is 0 Å². The summed E-state index contributed by atoms with van der Waals surface area (Å²) in [5, 5.41) is 9.11. The lowest BCUT2D eigenvalue weighted by Gasteiger charge is -2.36. The van der Waals surface area contributed by atoms with Crippen LogP contribution in [0.4, 0.5) is 5.69 Å². The van der Waals surface area contributed by atoms with Crippen LogP contribution in [0.3, 0.4) is 0 Å². The van der Waals surface area contributed by atoms with E-state index in [1.165, 1.54) is 24.1 Å². The third-order valence-electron chi connectivity index (χ3n) is 7.65. The van der Waals surface area contributed by atoms with Gasteiger partial charge in [0.05, 0.1) is 31.5 Å². The van der Waals surface area contributed by atoms with Crippen molar-refractivity contribution in [3.8, 4) is 11.8 Å². The zero-order valence-corrected chi connectivity index (χ0v) is 22.6. The lowest BCUT2D eigenvalue weighted by Crippen LogP contribution is -2.49. The SMILES string of the molecule is COc1cccc(C(=O)N2CCN(C[C@@H](OCc3ccc(C#N)cc3)c3cccc(N4CCCC4)c3)CC2)c1. The number of anilines is 1. The molecule has 1 amide bonds. The number of methoxy groups -OCH3 is 1. The number of benzene rings is 3. The summed E-state index contributed by atoms with van der Waals surface area (Å²) in [5.74, 6) is 0.735. The highest BCUT2D eigenvalue weighted by Gasteiger charge is 2.26. The van der Waals surface area contributed by atoms with Gasteiger partial charge in [-0.15, -0.1) is 0 Å². The van der Waals surface area contributed by atoms with Gasteiger partial charge in [-0.2, -0.15) is 5.26 Å². The molecule has 0 aliphatic carbocycles. The molecule has 0 radical (unpaired) electrons. The Hall–Kier alpha value is -3.86. The van der Waals surface area contributed by atoms with Crippen LogP contribution in [-0.2, 0) is 11.3 Å². The van der Waals surface area contributed by atoms with Crippen LogP contribution in [-0.4, -0.2) is 68.6 Å². The van der Waals surface area contributed by atoms with Gasteiger partial charge in [0, 0.05) is 57.1 Å². The molecular formula is C32H36N4O3. The average molecular weight is 525 g/mol. The Kier molecular flexibility index (Phi) is 8.77. The predicted octanol–water partition coefficient (Wildman–Crippen LogP) is 4.88. The second-order valence-electron chi connectivity index (χ2n) is 10.2. The highest BCUT2D eigenvalue weighted by molar-refractivity contribution is 5.94. The van der Waals surface area contributed by atoms with E-state index in [-0.39, 0.29) is 12.0 Å². The number of nitrogens with zero attached hydrogens (tertiary/aromatic N) is 4. The monoisotopic (exact) mass is 524 g/mol. The lowest BCUT2D eigenvalue weighted by molar-refractivity contribution is 0.00344. The molecule has 202 valence electrons. The van der Waals surface area contributed by atoms with Crippen LogP contribution >= 0.6 is 0 Å². The van der Waals surface area contributed by atoms with Crippen molar-refractivity contribution >= 4 is 11.6 Å². The van der Waals surface area contributed by atoms with Gasteiger partial charge in [0.15, 0.2) is 0 Å². The van der Waals surface area contributed by atoms with Gasteiger partial charge in [-0.3, -0.25) is 9.69 Å². The Morgan fingerprint density at radius 3 is 2.38 bits per heavy atom. The van der Waals surface area contributed by atoms with Crippen molar-refractivity contribution < 1.29 is 14.3 Å². The molecule has 39 heavy (non-hydrogen) atoms. The fourth-order valence-corrected chi connectivity index (χ4v) is 5.33. The molecule has 0 saturated carbocycles. The van der Waals surface area contributed by atoms with E-state index in [0.29, 0.717) is 36.6 Å². The number of ether oxygens (including phenoxy) is 2. The maximum absolute atomic E-state index is 13.1. The molecule has 2 saturated heterocycles. The van der Waals surface area contributed by atoms with Crippen LogP contribution in [0.2, 0.25) is 0 Å². The largest absolute Gasteiger partial charge is 0.497 e. The van der Waals surface area contributed by atoms with Crippen LogP contribution in [0.1, 0.15) is 46.0 Å². The maximum Gasteiger partial charge on any atom is 0.254 e. The summed E-state index contributed by atoms with van der Waals surface area (Å²) in [6.07, 6.45) is 2.37. The summed E-state index contributed by atoms with van der Waals surface area (Å²) >= 11 is 0. The first-order valence-corrected chi connectivity index (χ1v) is 13.7. The second-order valence-corrected chi connectivity index (χ2v) is 10.2. The number of carbonyl (C=O) groups excluding carboxylic acids is 1. The predicted molar refractivity (Wildman–Crippen MR) is 152 cm³/mol. The molecule has 1 atom stereocenters. The fourth-order valence-electron chi connectivity index (χ4n) is 5.33. The topological polar surface area (TPSA) is 69.0 Å². The number of carbonyl (C=O) groups is 1. The quantitative estimate of drug-likeness (QED) is 0.397. The molecule has 3 aromatic rings. The molecule has 0 spiro atoms. The van der Waals surface area contributed by atoms with Gasteiger partial charge in [-0.05, 0) is 66.4 Å². The van der Waals surface area contributed by atoms with Crippen molar-refractivity contribution in [2.75, 3.05) is 57.8 Å². The van der Waals surface area contributed by atoms with Crippen molar-refractivity contribution in [2.45, 2.75) is 25.6 Å². The maximum atomic E-state index is 13.1. The fraction of sp³-hybridized carbons (Fsp3) is 0.375. The number of piperazine rings is 1. The van der Waals surface area contributed by atoms with E-state index in [1.807, 2.05) is 47.4 Å². The van der Waals surface area contributed by atoms with Crippen LogP contribution in [0.15, 0.2) is 72.8 Å². The van der Waals surface area contributed by atoms with E-state index in [2.05, 4.69) is 40.1 Å². The molecule has 0 aromatic heterocycles. The molecule has 0 bridgehead atoms. The molecule has 0 unspecified atom stereocenters. The molecule has 7 nitrogen and oxygen atoms in total. The second kappa shape index (κ2) is 12.8. The van der Waals surface area contributed by atoms with Crippen LogP contribution in [0.5, 0.6) is 5.75 Å². The minimum absolute atomic E-state index is 0.0421. The third kappa shape index (κ3) is 6.78. The normalized spacial score (nSPS) is 16.6. The van der Waals surface area contributed by atoms with E-state index in [4.69, 9.17) is 14.7 Å². The van der Waals surface area contributed by atoms with Crippen molar-refractivity contribution in [2.24, 2.45) is 0 Å². The summed E-state index contributed by atoms with van der Waals surface area (Å²) in [4.78, 5) is 19.9. The van der Waals surface area contributed by atoms with Crippen molar-refractivity contribution in [1.82, 2.24) is 9.80 Å². The van der Waals surface area contributed by atoms with E-state index in [1.54, 1.807) is 13.2 Å². The molecule has 7 heteroatoms. The Bertz CT molecular complexity index is 1290. The number of hydrogen-bond acceptors (Lipinski definition) is 6. The number of hydrogen-bond donors (Lipinski definition) is 0. The molecule has 2 aliphatic rings. The summed E-state index contributed by atoms with van der Waals surface area (Å²) in [6, 6.07) is 25.9. The average Bonchev–Trinajstić information content (AvgIpc) is 3.55.